The van der Waals surface area contributed by atoms with E-state index in [1.54, 1.807) is 34.7 Å². The second-order valence-corrected chi connectivity index (χ2v) is 4.93. The summed E-state index contributed by atoms with van der Waals surface area (Å²) in [6.45, 7) is 4.25. The molecule has 4 heteroatoms. The van der Waals surface area contributed by atoms with Gasteiger partial charge in [0.2, 0.25) is 5.91 Å². The molecule has 2 aromatic rings. The van der Waals surface area contributed by atoms with E-state index >= 15 is 0 Å². The lowest BCUT2D eigenvalue weighted by Gasteiger charge is -2.22. The summed E-state index contributed by atoms with van der Waals surface area (Å²) in [4.78, 5) is 18.1. The van der Waals surface area contributed by atoms with Gasteiger partial charge >= 0.3 is 0 Å². The van der Waals surface area contributed by atoms with E-state index in [4.69, 9.17) is 0 Å². The molecule has 0 fully saturated rings. The fraction of sp³-hybridized carbons (Fsp3) is 0.200. The minimum atomic E-state index is 0.0964. The highest BCUT2D eigenvalue weighted by atomic mass is 32.1. The molecule has 2 heterocycles. The summed E-state index contributed by atoms with van der Waals surface area (Å²) < 4.78 is 0. The smallest absolute Gasteiger partial charge is 0.227 e. The van der Waals surface area contributed by atoms with E-state index in [-0.39, 0.29) is 5.91 Å². The topological polar surface area (TPSA) is 33.2 Å². The average Bonchev–Trinajstić information content (AvgIpc) is 2.96. The number of hydrogen-bond donors (Lipinski definition) is 0. The average molecular weight is 272 g/mol. The zero-order valence-corrected chi connectivity index (χ0v) is 11.5. The van der Waals surface area contributed by atoms with Crippen LogP contribution >= 0.6 is 11.3 Å². The van der Waals surface area contributed by atoms with Gasteiger partial charge in [0, 0.05) is 12.6 Å². The van der Waals surface area contributed by atoms with Crippen LogP contribution in [0.3, 0.4) is 0 Å². The molecule has 0 unspecified atom stereocenters. The number of carbonyl (C=O) groups excluding carboxylic acids is 1. The zero-order chi connectivity index (χ0) is 13.5. The van der Waals surface area contributed by atoms with Crippen molar-refractivity contribution in [3.05, 3.63) is 59.6 Å². The van der Waals surface area contributed by atoms with Crippen LogP contribution in [0.15, 0.2) is 54.0 Å². The van der Waals surface area contributed by atoms with E-state index in [1.807, 2.05) is 23.6 Å². The minimum Gasteiger partial charge on any atom is -0.306 e. The van der Waals surface area contributed by atoms with Crippen LogP contribution in [-0.2, 0) is 11.3 Å². The molecule has 0 spiro atoms. The summed E-state index contributed by atoms with van der Waals surface area (Å²) in [7, 11) is 0. The van der Waals surface area contributed by atoms with Crippen molar-refractivity contribution in [3.8, 4) is 0 Å². The summed E-state index contributed by atoms with van der Waals surface area (Å²) in [5, 5.41) is 4.08. The number of anilines is 1. The predicted molar refractivity (Wildman–Crippen MR) is 79.2 cm³/mol. The molecule has 0 radical (unpaired) electrons. The first-order chi connectivity index (χ1) is 9.31. The van der Waals surface area contributed by atoms with Crippen molar-refractivity contribution in [2.75, 3.05) is 4.90 Å². The molecule has 3 nitrogen and oxygen atoms in total. The van der Waals surface area contributed by atoms with Crippen LogP contribution in [0.1, 0.15) is 18.4 Å². The Labute approximate surface area is 117 Å². The number of allylic oxidation sites excluding steroid dienone is 1. The monoisotopic (exact) mass is 272 g/mol. The summed E-state index contributed by atoms with van der Waals surface area (Å²) in [6.07, 6.45) is 6.37. The van der Waals surface area contributed by atoms with Crippen LogP contribution in [0.5, 0.6) is 0 Å². The van der Waals surface area contributed by atoms with Crippen molar-refractivity contribution >= 4 is 22.9 Å². The van der Waals surface area contributed by atoms with Gasteiger partial charge in [-0.3, -0.25) is 9.78 Å². The quantitative estimate of drug-likeness (QED) is 0.752. The number of amides is 1. The largest absolute Gasteiger partial charge is 0.306 e. The fourth-order valence-corrected chi connectivity index (χ4v) is 2.42. The van der Waals surface area contributed by atoms with Crippen LogP contribution < -0.4 is 4.90 Å². The lowest BCUT2D eigenvalue weighted by atomic mass is 10.2. The van der Waals surface area contributed by atoms with Gasteiger partial charge in [-0.05, 0) is 40.9 Å². The van der Waals surface area contributed by atoms with Gasteiger partial charge in [0.05, 0.1) is 18.4 Å². The minimum absolute atomic E-state index is 0.0964. The number of aromatic nitrogens is 1. The Kier molecular flexibility index (Phi) is 4.86. The highest BCUT2D eigenvalue weighted by Gasteiger charge is 2.15. The predicted octanol–water partition coefficient (Wildman–Crippen LogP) is 3.64. The van der Waals surface area contributed by atoms with Crippen molar-refractivity contribution in [1.29, 1.82) is 0 Å². The van der Waals surface area contributed by atoms with E-state index < -0.39 is 0 Å². The van der Waals surface area contributed by atoms with Gasteiger partial charge in [0.25, 0.3) is 0 Å². The van der Waals surface area contributed by atoms with Crippen molar-refractivity contribution in [2.45, 2.75) is 19.4 Å². The zero-order valence-electron chi connectivity index (χ0n) is 10.7. The normalized spacial score (nSPS) is 10.1. The molecule has 0 aliphatic heterocycles. The Bertz CT molecular complexity index is 522. The number of rotatable bonds is 6. The van der Waals surface area contributed by atoms with Crippen molar-refractivity contribution < 1.29 is 4.79 Å². The molecular formula is C15H16N2OS. The number of nitrogens with zero attached hydrogens (tertiary/aromatic N) is 2. The first kappa shape index (κ1) is 13.5. The lowest BCUT2D eigenvalue weighted by Crippen LogP contribution is -2.29. The number of hydrogen-bond acceptors (Lipinski definition) is 3. The fourth-order valence-electron chi connectivity index (χ4n) is 1.76. The second kappa shape index (κ2) is 6.85. The van der Waals surface area contributed by atoms with E-state index in [2.05, 4.69) is 16.9 Å². The molecule has 19 heavy (non-hydrogen) atoms. The molecule has 0 bridgehead atoms. The lowest BCUT2D eigenvalue weighted by molar-refractivity contribution is -0.118. The van der Waals surface area contributed by atoms with Crippen LogP contribution in [0, 0.1) is 0 Å². The van der Waals surface area contributed by atoms with E-state index in [0.29, 0.717) is 19.4 Å². The molecule has 0 saturated carbocycles. The highest BCUT2D eigenvalue weighted by molar-refractivity contribution is 7.07. The third-order valence-corrected chi connectivity index (χ3v) is 3.47. The van der Waals surface area contributed by atoms with Gasteiger partial charge in [0.15, 0.2) is 0 Å². The van der Waals surface area contributed by atoms with Gasteiger partial charge in [0.1, 0.15) is 0 Å². The summed E-state index contributed by atoms with van der Waals surface area (Å²) in [5.74, 6) is 0.0964. The maximum atomic E-state index is 12.3. The van der Waals surface area contributed by atoms with E-state index in [9.17, 15) is 4.79 Å². The molecule has 2 rings (SSSR count). The molecule has 0 saturated heterocycles. The standard InChI is InChI=1S/C15H16N2OS/c1-2-3-6-15(18)17(11-13-7-9-19-12-13)14-5-4-8-16-10-14/h2,4-5,7-10,12H,1,3,6,11H2. The SMILES string of the molecule is C=CCCC(=O)N(Cc1ccsc1)c1cccnc1. The Morgan fingerprint density at radius 2 is 2.37 bits per heavy atom. The molecule has 0 atom stereocenters. The Morgan fingerprint density at radius 3 is 3.00 bits per heavy atom. The van der Waals surface area contributed by atoms with Crippen LogP contribution in [-0.4, -0.2) is 10.9 Å². The van der Waals surface area contributed by atoms with Gasteiger partial charge in [-0.1, -0.05) is 6.08 Å². The number of carbonyl (C=O) groups is 1. The molecule has 2 aromatic heterocycles. The van der Waals surface area contributed by atoms with E-state index in [1.165, 1.54) is 0 Å². The van der Waals surface area contributed by atoms with Crippen molar-refractivity contribution in [2.24, 2.45) is 0 Å². The molecule has 98 valence electrons. The maximum Gasteiger partial charge on any atom is 0.227 e. The molecule has 0 aliphatic rings. The number of pyridine rings is 1. The van der Waals surface area contributed by atoms with Gasteiger partial charge in [-0.15, -0.1) is 6.58 Å². The molecule has 1 amide bonds. The second-order valence-electron chi connectivity index (χ2n) is 4.15. The van der Waals surface area contributed by atoms with Crippen LogP contribution in [0.2, 0.25) is 0 Å². The third-order valence-electron chi connectivity index (χ3n) is 2.74. The van der Waals surface area contributed by atoms with Gasteiger partial charge in [-0.25, -0.2) is 0 Å². The summed E-state index contributed by atoms with van der Waals surface area (Å²) in [5.41, 5.74) is 1.98. The Morgan fingerprint density at radius 1 is 1.47 bits per heavy atom. The molecular weight excluding hydrogens is 256 g/mol. The molecule has 0 aromatic carbocycles. The third kappa shape index (κ3) is 3.76. The Balaban J connectivity index is 2.17. The van der Waals surface area contributed by atoms with Gasteiger partial charge < -0.3 is 4.90 Å². The molecule has 0 N–H and O–H groups in total. The van der Waals surface area contributed by atoms with Gasteiger partial charge in [-0.2, -0.15) is 11.3 Å². The Hall–Kier alpha value is -1.94. The maximum absolute atomic E-state index is 12.3. The van der Waals surface area contributed by atoms with Crippen LogP contribution in [0.4, 0.5) is 5.69 Å². The summed E-state index contributed by atoms with van der Waals surface area (Å²) in [6, 6.07) is 5.79. The van der Waals surface area contributed by atoms with Crippen molar-refractivity contribution in [1.82, 2.24) is 4.98 Å². The molecule has 0 aliphatic carbocycles. The number of thiophene rings is 1. The highest BCUT2D eigenvalue weighted by Crippen LogP contribution is 2.18. The van der Waals surface area contributed by atoms with Crippen molar-refractivity contribution in [3.63, 3.8) is 0 Å². The van der Waals surface area contributed by atoms with Crippen LogP contribution in [0.25, 0.3) is 0 Å². The van der Waals surface area contributed by atoms with E-state index in [0.717, 1.165) is 11.3 Å². The first-order valence-corrected chi connectivity index (χ1v) is 7.08. The summed E-state index contributed by atoms with van der Waals surface area (Å²) >= 11 is 1.64. The first-order valence-electron chi connectivity index (χ1n) is 6.13.